The van der Waals surface area contributed by atoms with E-state index >= 15 is 0 Å². The molecule has 1 aliphatic rings. The lowest BCUT2D eigenvalue weighted by Crippen LogP contribution is -2.36. The molecule has 1 N–H and O–H groups in total. The van der Waals surface area contributed by atoms with Crippen LogP contribution in [0.5, 0.6) is 11.5 Å². The van der Waals surface area contributed by atoms with E-state index in [1.165, 1.54) is 46.6 Å². The molecule has 2 unspecified atom stereocenters. The SMILES string of the molecule is COc1ccc(-n2c(C)csc2=NC(=O)NC2CCCC2c2ccc(-c3ncn(-c4ccc(OC(F)(F)F)cc4)n3)cc2)c(C(C)C)c1. The van der Waals surface area contributed by atoms with E-state index in [0.717, 1.165) is 53.1 Å². The maximum atomic E-state index is 13.3. The van der Waals surface area contributed by atoms with Gasteiger partial charge in [-0.2, -0.15) is 4.99 Å². The first-order chi connectivity index (χ1) is 23.0. The maximum Gasteiger partial charge on any atom is 0.573 e. The van der Waals surface area contributed by atoms with Gasteiger partial charge in [0.15, 0.2) is 10.6 Å². The number of ether oxygens (including phenoxy) is 2. The van der Waals surface area contributed by atoms with Crippen molar-refractivity contribution in [2.24, 2.45) is 4.99 Å². The highest BCUT2D eigenvalue weighted by molar-refractivity contribution is 7.07. The molecule has 2 atom stereocenters. The molecule has 1 aliphatic carbocycles. The Bertz CT molecular complexity index is 1960. The van der Waals surface area contributed by atoms with Crippen LogP contribution in [0.1, 0.15) is 61.8 Å². The van der Waals surface area contributed by atoms with Crippen molar-refractivity contribution in [2.75, 3.05) is 7.11 Å². The van der Waals surface area contributed by atoms with Gasteiger partial charge >= 0.3 is 12.4 Å². The zero-order valence-corrected chi connectivity index (χ0v) is 27.7. The molecule has 2 amide bonds. The van der Waals surface area contributed by atoms with Crippen LogP contribution >= 0.6 is 11.3 Å². The Balaban J connectivity index is 1.15. The lowest BCUT2D eigenvalue weighted by Gasteiger charge is -2.20. The van der Waals surface area contributed by atoms with Crippen molar-refractivity contribution >= 4 is 17.4 Å². The van der Waals surface area contributed by atoms with Crippen molar-refractivity contribution in [2.45, 2.75) is 64.3 Å². The van der Waals surface area contributed by atoms with Crippen molar-refractivity contribution < 1.29 is 27.4 Å². The number of urea groups is 1. The Morgan fingerprint density at radius 3 is 2.46 bits per heavy atom. The zero-order chi connectivity index (χ0) is 34.0. The Hall–Kier alpha value is -4.91. The van der Waals surface area contributed by atoms with E-state index in [-0.39, 0.29) is 29.7 Å². The lowest BCUT2D eigenvalue weighted by molar-refractivity contribution is -0.274. The number of halogens is 3. The van der Waals surface area contributed by atoms with E-state index in [2.05, 4.69) is 39.0 Å². The van der Waals surface area contributed by atoms with Crippen LogP contribution in [-0.4, -0.2) is 44.9 Å². The first-order valence-corrected chi connectivity index (χ1v) is 16.5. The van der Waals surface area contributed by atoms with E-state index in [1.807, 2.05) is 59.3 Å². The van der Waals surface area contributed by atoms with Crippen LogP contribution in [0, 0.1) is 6.92 Å². The summed E-state index contributed by atoms with van der Waals surface area (Å²) in [7, 11) is 1.65. The van der Waals surface area contributed by atoms with E-state index in [4.69, 9.17) is 4.74 Å². The number of carbonyl (C=O) groups excluding carboxylic acids is 1. The van der Waals surface area contributed by atoms with Gasteiger partial charge in [0.2, 0.25) is 0 Å². The number of hydrogen-bond donors (Lipinski definition) is 1. The topological polar surface area (TPSA) is 95.6 Å². The number of benzene rings is 3. The minimum Gasteiger partial charge on any atom is -0.497 e. The molecule has 0 radical (unpaired) electrons. The van der Waals surface area contributed by atoms with Gasteiger partial charge < -0.3 is 14.8 Å². The highest BCUT2D eigenvalue weighted by atomic mass is 32.1. The van der Waals surface area contributed by atoms with Gasteiger partial charge in [0.25, 0.3) is 0 Å². The number of hydrogen-bond acceptors (Lipinski definition) is 6. The Labute approximate surface area is 279 Å². The standard InChI is InChI=1S/C35H35F3N6O3S/c1-21(2)29-18-27(46-4)16-17-31(29)44-22(3)19-48-34(44)41-33(45)40-30-7-5-6-28(30)23-8-10-24(11-9-23)32-39-20-43(42-32)25-12-14-26(15-13-25)47-35(36,37)38/h8-21,28,30H,5-7H2,1-4H3,(H,40,45). The van der Waals surface area contributed by atoms with Crippen LogP contribution in [0.2, 0.25) is 0 Å². The Kier molecular flexibility index (Phi) is 9.40. The molecule has 6 rings (SSSR count). The molecule has 2 aromatic heterocycles. The second-order valence-corrected chi connectivity index (χ2v) is 12.8. The van der Waals surface area contributed by atoms with Gasteiger partial charge in [0.1, 0.15) is 17.8 Å². The molecule has 5 aromatic rings. The molecule has 0 saturated heterocycles. The molecular formula is C35H35F3N6O3S. The molecule has 0 aliphatic heterocycles. The normalized spacial score (nSPS) is 16.8. The van der Waals surface area contributed by atoms with Crippen molar-refractivity contribution in [1.82, 2.24) is 24.6 Å². The minimum atomic E-state index is -4.75. The third-order valence-corrected chi connectivity index (χ3v) is 9.37. The number of nitrogens with one attached hydrogen (secondary N) is 1. The molecule has 13 heteroatoms. The van der Waals surface area contributed by atoms with Gasteiger partial charge in [0, 0.05) is 28.6 Å². The van der Waals surface area contributed by atoms with Crippen LogP contribution < -0.4 is 19.6 Å². The highest BCUT2D eigenvalue weighted by Crippen LogP contribution is 2.35. The summed E-state index contributed by atoms with van der Waals surface area (Å²) in [5, 5.41) is 9.67. The maximum absolute atomic E-state index is 13.3. The summed E-state index contributed by atoms with van der Waals surface area (Å²) in [4.78, 5) is 22.8. The minimum absolute atomic E-state index is 0.0598. The Morgan fingerprint density at radius 1 is 1.04 bits per heavy atom. The fourth-order valence-corrected chi connectivity index (χ4v) is 6.96. The zero-order valence-electron chi connectivity index (χ0n) is 26.9. The average Bonchev–Trinajstić information content (AvgIpc) is 3.81. The van der Waals surface area contributed by atoms with Crippen LogP contribution in [-0.2, 0) is 0 Å². The number of aromatic nitrogens is 4. The molecule has 48 heavy (non-hydrogen) atoms. The molecule has 1 saturated carbocycles. The smallest absolute Gasteiger partial charge is 0.497 e. The molecule has 0 spiro atoms. The molecule has 2 heterocycles. The van der Waals surface area contributed by atoms with Gasteiger partial charge in [-0.15, -0.1) is 29.6 Å². The molecule has 250 valence electrons. The van der Waals surface area contributed by atoms with E-state index in [0.29, 0.717) is 16.3 Å². The number of carbonyl (C=O) groups is 1. The van der Waals surface area contributed by atoms with Gasteiger partial charge in [-0.1, -0.05) is 44.5 Å². The van der Waals surface area contributed by atoms with E-state index in [1.54, 1.807) is 7.11 Å². The number of aryl methyl sites for hydroxylation is 1. The fraction of sp³-hybridized carbons (Fsp3) is 0.314. The predicted octanol–water partition coefficient (Wildman–Crippen LogP) is 8.07. The van der Waals surface area contributed by atoms with Gasteiger partial charge in [0.05, 0.1) is 18.5 Å². The fourth-order valence-electron chi connectivity index (χ4n) is 6.10. The highest BCUT2D eigenvalue weighted by Gasteiger charge is 2.31. The third-order valence-electron chi connectivity index (χ3n) is 8.42. The molecule has 9 nitrogen and oxygen atoms in total. The second-order valence-electron chi connectivity index (χ2n) is 12.0. The van der Waals surface area contributed by atoms with Crippen LogP contribution in [0.15, 0.2) is 83.4 Å². The van der Waals surface area contributed by atoms with Crippen molar-refractivity contribution in [3.63, 3.8) is 0 Å². The van der Waals surface area contributed by atoms with Crippen molar-refractivity contribution in [1.29, 1.82) is 0 Å². The van der Waals surface area contributed by atoms with Crippen molar-refractivity contribution in [3.8, 4) is 34.3 Å². The number of nitrogens with zero attached hydrogens (tertiary/aromatic N) is 5. The molecular weight excluding hydrogens is 641 g/mol. The lowest BCUT2D eigenvalue weighted by atomic mass is 9.93. The summed E-state index contributed by atoms with van der Waals surface area (Å²) < 4.78 is 50.4. The first kappa shape index (κ1) is 33.0. The predicted molar refractivity (Wildman–Crippen MR) is 177 cm³/mol. The van der Waals surface area contributed by atoms with Gasteiger partial charge in [-0.05, 0) is 79.3 Å². The summed E-state index contributed by atoms with van der Waals surface area (Å²) >= 11 is 1.43. The van der Waals surface area contributed by atoms with Crippen LogP contribution in [0.25, 0.3) is 22.8 Å². The monoisotopic (exact) mass is 676 g/mol. The van der Waals surface area contributed by atoms with E-state index < -0.39 is 6.36 Å². The number of methoxy groups -OCH3 is 1. The van der Waals surface area contributed by atoms with Crippen LogP contribution in [0.4, 0.5) is 18.0 Å². The van der Waals surface area contributed by atoms with Gasteiger partial charge in [-0.3, -0.25) is 4.57 Å². The number of rotatable bonds is 8. The number of thiazole rings is 1. The summed E-state index contributed by atoms with van der Waals surface area (Å²) in [5.41, 5.74) is 5.51. The quantitative estimate of drug-likeness (QED) is 0.179. The van der Waals surface area contributed by atoms with Crippen LogP contribution in [0.3, 0.4) is 0 Å². The summed E-state index contributed by atoms with van der Waals surface area (Å²) in [6.45, 7) is 6.26. The molecule has 3 aromatic carbocycles. The van der Waals surface area contributed by atoms with Gasteiger partial charge in [-0.25, -0.2) is 14.5 Å². The number of amides is 2. The second kappa shape index (κ2) is 13.7. The summed E-state index contributed by atoms with van der Waals surface area (Å²) in [6, 6.07) is 18.9. The van der Waals surface area contributed by atoms with Crippen molar-refractivity contribution in [3.05, 3.63) is 100 Å². The van der Waals surface area contributed by atoms with E-state index in [9.17, 15) is 18.0 Å². The summed E-state index contributed by atoms with van der Waals surface area (Å²) in [5.74, 6) is 1.32. The summed E-state index contributed by atoms with van der Waals surface area (Å²) in [6.07, 6.45) is -0.473. The Morgan fingerprint density at radius 2 is 1.77 bits per heavy atom. The average molecular weight is 677 g/mol. The molecule has 1 fully saturated rings. The number of alkyl halides is 3. The largest absolute Gasteiger partial charge is 0.573 e. The third kappa shape index (κ3) is 7.30. The molecule has 0 bridgehead atoms. The first-order valence-electron chi connectivity index (χ1n) is 15.6.